The molecule has 5 aromatic rings. The van der Waals surface area contributed by atoms with E-state index in [-0.39, 0.29) is 10.8 Å². The molecule has 3 aromatic carbocycles. The minimum absolute atomic E-state index is 0.185. The Balaban J connectivity index is 1.49. The molecule has 0 saturated heterocycles. The molecule has 2 nitrogen and oxygen atoms in total. The number of hydrogen-bond acceptors (Lipinski definition) is 2. The lowest BCUT2D eigenvalue weighted by molar-refractivity contribution is 0.403. The third-order valence-electron chi connectivity index (χ3n) is 7.14. The zero-order chi connectivity index (χ0) is 22.1. The van der Waals surface area contributed by atoms with E-state index in [0.717, 1.165) is 33.2 Å². The Hall–Kier alpha value is -3.39. The van der Waals surface area contributed by atoms with Crippen molar-refractivity contribution in [3.05, 3.63) is 90.1 Å². The van der Waals surface area contributed by atoms with Crippen molar-refractivity contribution in [3.63, 3.8) is 0 Å². The highest BCUT2D eigenvalue weighted by Crippen LogP contribution is 2.50. The second kappa shape index (κ2) is 6.56. The highest BCUT2D eigenvalue weighted by atomic mass is 16.3. The smallest absolute Gasteiger partial charge is 0.144 e. The van der Waals surface area contributed by atoms with Crippen molar-refractivity contribution in [1.82, 2.24) is 4.98 Å². The average molecular weight is 418 g/mol. The maximum Gasteiger partial charge on any atom is 0.144 e. The molecule has 1 aliphatic carbocycles. The standard InChI is InChI=1S/C30H27NO/c1-29(2)18-30(3,4)25-16-19(12-13-24(25)29)20-14-15-31-26(17-20)23-10-7-9-22-21-8-5-6-11-27(21)32-28(22)23/h5-17H,18H2,1-4H3. The van der Waals surface area contributed by atoms with Crippen molar-refractivity contribution in [2.45, 2.75) is 44.9 Å². The molecule has 0 saturated carbocycles. The molecule has 0 unspecified atom stereocenters. The van der Waals surface area contributed by atoms with Crippen LogP contribution in [0.2, 0.25) is 0 Å². The Bertz CT molecular complexity index is 1500. The molecule has 0 fully saturated rings. The number of nitrogens with zero attached hydrogens (tertiary/aromatic N) is 1. The fraction of sp³-hybridized carbons (Fsp3) is 0.233. The number of hydrogen-bond donors (Lipinski definition) is 0. The molecule has 2 heteroatoms. The predicted molar refractivity (Wildman–Crippen MR) is 133 cm³/mol. The molecule has 0 spiro atoms. The summed E-state index contributed by atoms with van der Waals surface area (Å²) < 4.78 is 6.25. The maximum atomic E-state index is 6.25. The zero-order valence-corrected chi connectivity index (χ0v) is 19.1. The number of fused-ring (bicyclic) bond motifs is 4. The van der Waals surface area contributed by atoms with Crippen LogP contribution in [0.25, 0.3) is 44.3 Å². The summed E-state index contributed by atoms with van der Waals surface area (Å²) in [5.41, 5.74) is 9.56. The van der Waals surface area contributed by atoms with Crippen molar-refractivity contribution in [2.24, 2.45) is 0 Å². The summed E-state index contributed by atoms with van der Waals surface area (Å²) in [5, 5.41) is 2.27. The van der Waals surface area contributed by atoms with Gasteiger partial charge in [-0.15, -0.1) is 0 Å². The van der Waals surface area contributed by atoms with Crippen LogP contribution in [0.1, 0.15) is 45.2 Å². The summed E-state index contributed by atoms with van der Waals surface area (Å²) in [6, 6.07) is 25.8. The van der Waals surface area contributed by atoms with Gasteiger partial charge in [0.2, 0.25) is 0 Å². The largest absolute Gasteiger partial charge is 0.455 e. The number of aromatic nitrogens is 1. The molecule has 0 N–H and O–H groups in total. The minimum Gasteiger partial charge on any atom is -0.455 e. The SMILES string of the molecule is CC1(C)CC(C)(C)c2cc(-c3ccnc(-c4cccc5c4oc4ccccc45)c3)ccc21. The van der Waals surface area contributed by atoms with Gasteiger partial charge in [0.25, 0.3) is 0 Å². The monoisotopic (exact) mass is 417 g/mol. The van der Waals surface area contributed by atoms with Gasteiger partial charge in [0.05, 0.1) is 5.69 Å². The molecule has 1 aliphatic rings. The Labute approximate surface area is 188 Å². The van der Waals surface area contributed by atoms with Gasteiger partial charge in [-0.1, -0.05) is 76.2 Å². The van der Waals surface area contributed by atoms with Gasteiger partial charge in [0.1, 0.15) is 11.2 Å². The molecule has 0 bridgehead atoms. The van der Waals surface area contributed by atoms with Crippen LogP contribution in [0.15, 0.2) is 83.4 Å². The van der Waals surface area contributed by atoms with Gasteiger partial charge in [-0.05, 0) is 63.8 Å². The molecule has 2 heterocycles. The first-order valence-electron chi connectivity index (χ1n) is 11.4. The van der Waals surface area contributed by atoms with E-state index in [9.17, 15) is 0 Å². The second-order valence-corrected chi connectivity index (χ2v) is 10.4. The quantitative estimate of drug-likeness (QED) is 0.289. The van der Waals surface area contributed by atoms with Crippen molar-refractivity contribution in [3.8, 4) is 22.4 Å². The molecule has 32 heavy (non-hydrogen) atoms. The Morgan fingerprint density at radius 1 is 0.719 bits per heavy atom. The molecular formula is C30H27NO. The summed E-state index contributed by atoms with van der Waals surface area (Å²) in [5.74, 6) is 0. The summed E-state index contributed by atoms with van der Waals surface area (Å²) in [7, 11) is 0. The molecule has 0 amide bonds. The molecule has 158 valence electrons. The van der Waals surface area contributed by atoms with Gasteiger partial charge < -0.3 is 4.42 Å². The highest BCUT2D eigenvalue weighted by Gasteiger charge is 2.41. The van der Waals surface area contributed by atoms with Gasteiger partial charge in [-0.25, -0.2) is 0 Å². The van der Waals surface area contributed by atoms with Gasteiger partial charge in [-0.3, -0.25) is 4.98 Å². The van der Waals surface area contributed by atoms with Crippen LogP contribution < -0.4 is 0 Å². The molecule has 2 aromatic heterocycles. The summed E-state index contributed by atoms with van der Waals surface area (Å²) in [4.78, 5) is 4.72. The molecule has 0 radical (unpaired) electrons. The first kappa shape index (κ1) is 19.3. The number of pyridine rings is 1. The number of para-hydroxylation sites is 2. The lowest BCUT2D eigenvalue weighted by Crippen LogP contribution is -2.17. The topological polar surface area (TPSA) is 26.0 Å². The molecule has 6 rings (SSSR count). The van der Waals surface area contributed by atoms with E-state index in [1.165, 1.54) is 28.7 Å². The van der Waals surface area contributed by atoms with Crippen LogP contribution in [0, 0.1) is 0 Å². The first-order chi connectivity index (χ1) is 15.3. The number of furan rings is 1. The van der Waals surface area contributed by atoms with Crippen molar-refractivity contribution < 1.29 is 4.42 Å². The van der Waals surface area contributed by atoms with Crippen LogP contribution in [-0.4, -0.2) is 4.98 Å². The number of benzene rings is 3. The Morgan fingerprint density at radius 2 is 1.47 bits per heavy atom. The van der Waals surface area contributed by atoms with E-state index in [0.29, 0.717) is 0 Å². The maximum absolute atomic E-state index is 6.25. The highest BCUT2D eigenvalue weighted by molar-refractivity contribution is 6.09. The Morgan fingerprint density at radius 3 is 2.34 bits per heavy atom. The molecule has 0 aliphatic heterocycles. The summed E-state index contributed by atoms with van der Waals surface area (Å²) in [6.45, 7) is 9.45. The normalized spacial score (nSPS) is 16.5. The Kier molecular flexibility index (Phi) is 3.96. The summed E-state index contributed by atoms with van der Waals surface area (Å²) >= 11 is 0. The second-order valence-electron chi connectivity index (χ2n) is 10.4. The van der Waals surface area contributed by atoms with E-state index in [4.69, 9.17) is 9.40 Å². The predicted octanol–water partition coefficient (Wildman–Crippen LogP) is 8.27. The summed E-state index contributed by atoms with van der Waals surface area (Å²) in [6.07, 6.45) is 3.09. The molecular weight excluding hydrogens is 390 g/mol. The number of rotatable bonds is 2. The van der Waals surface area contributed by atoms with Crippen molar-refractivity contribution in [2.75, 3.05) is 0 Å². The van der Waals surface area contributed by atoms with Crippen molar-refractivity contribution in [1.29, 1.82) is 0 Å². The fourth-order valence-corrected chi connectivity index (χ4v) is 5.88. The van der Waals surface area contributed by atoms with E-state index in [2.05, 4.69) is 88.4 Å². The van der Waals surface area contributed by atoms with Crippen LogP contribution in [0.4, 0.5) is 0 Å². The van der Waals surface area contributed by atoms with Gasteiger partial charge >= 0.3 is 0 Å². The van der Waals surface area contributed by atoms with Crippen LogP contribution in [0.5, 0.6) is 0 Å². The van der Waals surface area contributed by atoms with Gasteiger partial charge in [-0.2, -0.15) is 0 Å². The van der Waals surface area contributed by atoms with E-state index >= 15 is 0 Å². The average Bonchev–Trinajstić information content (AvgIpc) is 3.25. The van der Waals surface area contributed by atoms with E-state index in [1.807, 2.05) is 18.3 Å². The van der Waals surface area contributed by atoms with Crippen LogP contribution in [-0.2, 0) is 10.8 Å². The lowest BCUT2D eigenvalue weighted by atomic mass is 9.82. The third-order valence-corrected chi connectivity index (χ3v) is 7.14. The first-order valence-corrected chi connectivity index (χ1v) is 11.4. The molecule has 0 atom stereocenters. The minimum atomic E-state index is 0.185. The fourth-order valence-electron chi connectivity index (χ4n) is 5.88. The zero-order valence-electron chi connectivity index (χ0n) is 19.1. The third kappa shape index (κ3) is 2.82. The van der Waals surface area contributed by atoms with E-state index in [1.54, 1.807) is 0 Å². The van der Waals surface area contributed by atoms with Crippen LogP contribution >= 0.6 is 0 Å². The lowest BCUT2D eigenvalue weighted by Gasteiger charge is -2.22. The van der Waals surface area contributed by atoms with Gasteiger partial charge in [0, 0.05) is 22.5 Å². The van der Waals surface area contributed by atoms with Gasteiger partial charge in [0.15, 0.2) is 0 Å². The van der Waals surface area contributed by atoms with Crippen molar-refractivity contribution >= 4 is 21.9 Å². The van der Waals surface area contributed by atoms with E-state index < -0.39 is 0 Å². The van der Waals surface area contributed by atoms with Crippen LogP contribution in [0.3, 0.4) is 0 Å².